The Balaban J connectivity index is 2.44. The number of nitrogens with zero attached hydrogens (tertiary/aromatic N) is 1. The van der Waals surface area contributed by atoms with Crippen LogP contribution in [0, 0.1) is 6.92 Å². The van der Waals surface area contributed by atoms with Crippen molar-refractivity contribution in [1.82, 2.24) is 0 Å². The predicted octanol–water partition coefficient (Wildman–Crippen LogP) is 2.21. The van der Waals surface area contributed by atoms with Crippen molar-refractivity contribution in [2.24, 2.45) is 0 Å². The van der Waals surface area contributed by atoms with Gasteiger partial charge in [-0.2, -0.15) is 0 Å². The maximum atomic E-state index is 10.7. The molecule has 1 aromatic rings. The summed E-state index contributed by atoms with van der Waals surface area (Å²) in [6, 6.07) is 8.07. The van der Waals surface area contributed by atoms with Gasteiger partial charge in [-0.1, -0.05) is 18.2 Å². The first-order chi connectivity index (χ1) is 7.65. The van der Waals surface area contributed by atoms with E-state index in [1.54, 1.807) is 0 Å². The van der Waals surface area contributed by atoms with E-state index in [2.05, 4.69) is 4.74 Å². The first-order valence-corrected chi connectivity index (χ1v) is 5.12. The Labute approximate surface area is 95.8 Å². The molecule has 1 rings (SSSR count). The summed E-state index contributed by atoms with van der Waals surface area (Å²) in [6.07, 6.45) is -0.641. The van der Waals surface area contributed by atoms with Crippen molar-refractivity contribution in [2.45, 2.75) is 6.92 Å². The normalized spacial score (nSPS) is 9.69. The number of ether oxygens (including phenoxy) is 2. The molecule has 0 spiro atoms. The fourth-order valence-electron chi connectivity index (χ4n) is 1.44. The molecule has 4 nitrogen and oxygen atoms in total. The Bertz CT molecular complexity index is 352. The first kappa shape index (κ1) is 12.4. The van der Waals surface area contributed by atoms with Gasteiger partial charge in [0.15, 0.2) is 0 Å². The van der Waals surface area contributed by atoms with E-state index in [9.17, 15) is 4.79 Å². The van der Waals surface area contributed by atoms with Crippen LogP contribution in [0.3, 0.4) is 0 Å². The van der Waals surface area contributed by atoms with Crippen LogP contribution in [0.15, 0.2) is 24.3 Å². The molecule has 16 heavy (non-hydrogen) atoms. The second kappa shape index (κ2) is 6.00. The molecule has 0 heterocycles. The number of hydrogen-bond acceptors (Lipinski definition) is 4. The van der Waals surface area contributed by atoms with Crippen LogP contribution in [0.2, 0.25) is 0 Å². The van der Waals surface area contributed by atoms with Gasteiger partial charge in [-0.05, 0) is 18.6 Å². The van der Waals surface area contributed by atoms with Gasteiger partial charge >= 0.3 is 6.16 Å². The van der Waals surface area contributed by atoms with Crippen LogP contribution in [-0.2, 0) is 9.47 Å². The Morgan fingerprint density at radius 1 is 1.38 bits per heavy atom. The van der Waals surface area contributed by atoms with Gasteiger partial charge in [0.25, 0.3) is 0 Å². The Morgan fingerprint density at radius 2 is 2.06 bits per heavy atom. The van der Waals surface area contributed by atoms with Gasteiger partial charge < -0.3 is 14.4 Å². The third-order valence-electron chi connectivity index (χ3n) is 2.34. The Morgan fingerprint density at radius 3 is 2.69 bits per heavy atom. The maximum Gasteiger partial charge on any atom is 0.508 e. The van der Waals surface area contributed by atoms with E-state index in [-0.39, 0.29) is 0 Å². The molecule has 88 valence electrons. The molecule has 0 unspecified atom stereocenters. The summed E-state index contributed by atoms with van der Waals surface area (Å²) >= 11 is 0. The van der Waals surface area contributed by atoms with E-state index < -0.39 is 6.16 Å². The lowest BCUT2D eigenvalue weighted by molar-refractivity contribution is 0.0750. The van der Waals surface area contributed by atoms with Crippen molar-refractivity contribution in [3.63, 3.8) is 0 Å². The molecule has 0 aliphatic heterocycles. The molecule has 0 radical (unpaired) electrons. The number of carbonyl (C=O) groups excluding carboxylic acids is 1. The lowest BCUT2D eigenvalue weighted by Gasteiger charge is -2.20. The Kier molecular flexibility index (Phi) is 4.64. The fourth-order valence-corrected chi connectivity index (χ4v) is 1.44. The summed E-state index contributed by atoms with van der Waals surface area (Å²) in [4.78, 5) is 12.8. The van der Waals surface area contributed by atoms with Gasteiger partial charge in [0.2, 0.25) is 0 Å². The van der Waals surface area contributed by atoms with Gasteiger partial charge in [-0.25, -0.2) is 4.79 Å². The molecule has 0 aliphatic carbocycles. The van der Waals surface area contributed by atoms with E-state index in [0.717, 1.165) is 5.69 Å². The summed E-state index contributed by atoms with van der Waals surface area (Å²) in [6.45, 7) is 3.00. The smallest absolute Gasteiger partial charge is 0.438 e. The molecule has 0 saturated heterocycles. The van der Waals surface area contributed by atoms with E-state index in [1.807, 2.05) is 43.1 Å². The predicted molar refractivity (Wildman–Crippen MR) is 62.8 cm³/mol. The first-order valence-electron chi connectivity index (χ1n) is 5.12. The summed E-state index contributed by atoms with van der Waals surface area (Å²) in [5, 5.41) is 0. The molecular weight excluding hydrogens is 206 g/mol. The quantitative estimate of drug-likeness (QED) is 0.734. The van der Waals surface area contributed by atoms with Crippen LogP contribution in [-0.4, -0.2) is 33.5 Å². The Hall–Kier alpha value is -1.71. The molecule has 4 heteroatoms. The molecule has 0 fully saturated rings. The molecule has 0 aromatic heterocycles. The van der Waals surface area contributed by atoms with E-state index in [0.29, 0.717) is 13.2 Å². The lowest BCUT2D eigenvalue weighted by Crippen LogP contribution is -2.24. The van der Waals surface area contributed by atoms with Crippen LogP contribution in [0.5, 0.6) is 0 Å². The van der Waals surface area contributed by atoms with Crippen molar-refractivity contribution < 1.29 is 14.3 Å². The number of para-hydroxylation sites is 1. The SMILES string of the molecule is COC(=O)OCCN(C)c1ccccc1C. The third kappa shape index (κ3) is 3.46. The molecule has 0 bridgehead atoms. The summed E-state index contributed by atoms with van der Waals surface area (Å²) < 4.78 is 9.20. The molecule has 1 aromatic carbocycles. The number of hydrogen-bond donors (Lipinski definition) is 0. The van der Waals surface area contributed by atoms with E-state index >= 15 is 0 Å². The zero-order chi connectivity index (χ0) is 12.0. The zero-order valence-electron chi connectivity index (χ0n) is 9.90. The molecule has 0 aliphatic rings. The average molecular weight is 223 g/mol. The van der Waals surface area contributed by atoms with Crippen LogP contribution in [0.4, 0.5) is 10.5 Å². The number of anilines is 1. The highest BCUT2D eigenvalue weighted by molar-refractivity contribution is 5.59. The minimum absolute atomic E-state index is 0.317. The molecule has 0 amide bonds. The minimum Gasteiger partial charge on any atom is -0.438 e. The van der Waals surface area contributed by atoms with Crippen LogP contribution in [0.1, 0.15) is 5.56 Å². The van der Waals surface area contributed by atoms with Crippen molar-refractivity contribution in [3.05, 3.63) is 29.8 Å². The number of likely N-dealkylation sites (N-methyl/N-ethyl adjacent to an activating group) is 1. The van der Waals surface area contributed by atoms with Gasteiger partial charge in [-0.3, -0.25) is 0 Å². The van der Waals surface area contributed by atoms with Gasteiger partial charge in [0, 0.05) is 12.7 Å². The third-order valence-corrected chi connectivity index (χ3v) is 2.34. The second-order valence-electron chi connectivity index (χ2n) is 3.51. The summed E-state index contributed by atoms with van der Waals surface area (Å²) in [5.41, 5.74) is 2.33. The zero-order valence-corrected chi connectivity index (χ0v) is 9.90. The topological polar surface area (TPSA) is 38.8 Å². The summed E-state index contributed by atoms with van der Waals surface area (Å²) in [5.74, 6) is 0. The molecular formula is C12H17NO3. The maximum absolute atomic E-state index is 10.7. The highest BCUT2D eigenvalue weighted by atomic mass is 16.7. The fraction of sp³-hybridized carbons (Fsp3) is 0.417. The van der Waals surface area contributed by atoms with E-state index in [1.165, 1.54) is 12.7 Å². The number of methoxy groups -OCH3 is 1. The van der Waals surface area contributed by atoms with Crippen molar-refractivity contribution in [1.29, 1.82) is 0 Å². The van der Waals surface area contributed by atoms with Crippen LogP contribution < -0.4 is 4.90 Å². The number of aryl methyl sites for hydroxylation is 1. The van der Waals surface area contributed by atoms with E-state index in [4.69, 9.17) is 4.74 Å². The monoisotopic (exact) mass is 223 g/mol. The van der Waals surface area contributed by atoms with Crippen LogP contribution in [0.25, 0.3) is 0 Å². The standard InChI is InChI=1S/C12H17NO3/c1-10-6-4-5-7-11(10)13(2)8-9-16-12(14)15-3/h4-7H,8-9H2,1-3H3. The number of rotatable bonds is 4. The summed E-state index contributed by atoms with van der Waals surface area (Å²) in [7, 11) is 3.26. The molecule has 0 N–H and O–H groups in total. The molecule has 0 saturated carbocycles. The van der Waals surface area contributed by atoms with Gasteiger partial charge in [0.1, 0.15) is 6.61 Å². The van der Waals surface area contributed by atoms with Gasteiger partial charge in [-0.15, -0.1) is 0 Å². The largest absolute Gasteiger partial charge is 0.508 e. The second-order valence-corrected chi connectivity index (χ2v) is 3.51. The van der Waals surface area contributed by atoms with Crippen LogP contribution >= 0.6 is 0 Å². The van der Waals surface area contributed by atoms with Crippen molar-refractivity contribution in [2.75, 3.05) is 32.2 Å². The lowest BCUT2D eigenvalue weighted by atomic mass is 10.2. The number of carbonyl (C=O) groups is 1. The number of benzene rings is 1. The highest BCUT2D eigenvalue weighted by Crippen LogP contribution is 2.17. The van der Waals surface area contributed by atoms with Crippen molar-refractivity contribution >= 4 is 11.8 Å². The molecule has 0 atom stereocenters. The van der Waals surface area contributed by atoms with Crippen molar-refractivity contribution in [3.8, 4) is 0 Å². The average Bonchev–Trinajstić information content (AvgIpc) is 2.29. The minimum atomic E-state index is -0.641. The highest BCUT2D eigenvalue weighted by Gasteiger charge is 2.05. The van der Waals surface area contributed by atoms with Gasteiger partial charge in [0.05, 0.1) is 13.7 Å².